The Balaban J connectivity index is 0. The molecule has 0 spiro atoms. The minimum atomic E-state index is -0.562. The van der Waals surface area contributed by atoms with Crippen LogP contribution < -0.4 is 0 Å². The molecule has 0 aromatic rings. The molecule has 0 bridgehead atoms. The van der Waals surface area contributed by atoms with Crippen molar-refractivity contribution in [2.45, 2.75) is 117 Å². The summed E-state index contributed by atoms with van der Waals surface area (Å²) in [7, 11) is 0. The van der Waals surface area contributed by atoms with Crippen molar-refractivity contribution in [2.24, 2.45) is 11.8 Å². The van der Waals surface area contributed by atoms with E-state index in [0.29, 0.717) is 24.7 Å². The van der Waals surface area contributed by atoms with Gasteiger partial charge >= 0.3 is 17.9 Å². The zero-order valence-corrected chi connectivity index (χ0v) is 19.7. The standard InChI is InChI=1S/C11H17NO2.C9H15NO.C4H6O3.CH4/c1-9(13)14-11-7-3-2-5-10(11)6-4-8-12;10-7-3-5-8-4-1-2-6-9(8)11;1-3(5)7-4(2)6;/h10-11H,2-7H2,1H3;8-9,11H,1-6H2;1-2H3;1H4. The highest BCUT2D eigenvalue weighted by Gasteiger charge is 2.27. The minimum Gasteiger partial charge on any atom is -0.462 e. The average molecular weight is 467 g/mol. The Kier molecular flexibility index (Phi) is 20.0. The largest absolute Gasteiger partial charge is 0.462 e. The fraction of sp³-hybridized carbons (Fsp3) is 0.800. The van der Waals surface area contributed by atoms with Gasteiger partial charge in [0.05, 0.1) is 18.2 Å². The molecule has 1 N–H and O–H groups in total. The van der Waals surface area contributed by atoms with Gasteiger partial charge in [-0.3, -0.25) is 14.4 Å². The molecule has 2 rings (SSSR count). The van der Waals surface area contributed by atoms with E-state index in [4.69, 9.17) is 15.3 Å². The maximum absolute atomic E-state index is 10.8. The molecule has 4 atom stereocenters. The highest BCUT2D eigenvalue weighted by atomic mass is 16.6. The summed E-state index contributed by atoms with van der Waals surface area (Å²) in [5.74, 6) is -0.505. The molecule has 2 aliphatic rings. The molecule has 8 heteroatoms. The van der Waals surface area contributed by atoms with Gasteiger partial charge in [-0.15, -0.1) is 0 Å². The van der Waals surface area contributed by atoms with Crippen LogP contribution in [0.2, 0.25) is 0 Å². The van der Waals surface area contributed by atoms with Gasteiger partial charge in [0.2, 0.25) is 0 Å². The molecule has 8 nitrogen and oxygen atoms in total. The molecule has 0 amide bonds. The van der Waals surface area contributed by atoms with E-state index >= 15 is 0 Å². The quantitative estimate of drug-likeness (QED) is 0.442. The smallest absolute Gasteiger partial charge is 0.310 e. The summed E-state index contributed by atoms with van der Waals surface area (Å²) < 4.78 is 9.22. The summed E-state index contributed by atoms with van der Waals surface area (Å²) in [6, 6.07) is 4.27. The number of aliphatic hydroxyl groups excluding tert-OH is 1. The first kappa shape index (κ1) is 32.7. The predicted molar refractivity (Wildman–Crippen MR) is 124 cm³/mol. The van der Waals surface area contributed by atoms with E-state index in [1.54, 1.807) is 0 Å². The second-order valence-electron chi connectivity index (χ2n) is 8.28. The second kappa shape index (κ2) is 20.2. The average Bonchev–Trinajstić information content (AvgIpc) is 2.72. The lowest BCUT2D eigenvalue weighted by atomic mass is 9.83. The molecule has 2 aliphatic carbocycles. The Hall–Kier alpha value is -2.45. The van der Waals surface area contributed by atoms with Gasteiger partial charge in [0.1, 0.15) is 6.10 Å². The molecule has 0 heterocycles. The molecule has 0 aliphatic heterocycles. The maximum atomic E-state index is 10.8. The predicted octanol–water partition coefficient (Wildman–Crippen LogP) is 4.99. The summed E-state index contributed by atoms with van der Waals surface area (Å²) in [6.45, 7) is 3.82. The molecule has 0 aromatic carbocycles. The molecule has 2 saturated carbocycles. The van der Waals surface area contributed by atoms with Crippen LogP contribution in [0, 0.1) is 34.5 Å². The zero-order valence-electron chi connectivity index (χ0n) is 19.7. The van der Waals surface area contributed by atoms with Crippen molar-refractivity contribution < 1.29 is 29.0 Å². The highest BCUT2D eigenvalue weighted by Crippen LogP contribution is 2.30. The summed E-state index contributed by atoms with van der Waals surface area (Å²) in [6.07, 6.45) is 11.7. The maximum Gasteiger partial charge on any atom is 0.310 e. The number of esters is 3. The van der Waals surface area contributed by atoms with Gasteiger partial charge in [-0.25, -0.2) is 0 Å². The van der Waals surface area contributed by atoms with Crippen LogP contribution in [0.25, 0.3) is 0 Å². The van der Waals surface area contributed by atoms with E-state index in [1.807, 2.05) is 0 Å². The Morgan fingerprint density at radius 1 is 0.788 bits per heavy atom. The van der Waals surface area contributed by atoms with E-state index in [0.717, 1.165) is 51.4 Å². The zero-order chi connectivity index (χ0) is 24.4. The number of hydrogen-bond donors (Lipinski definition) is 1. The minimum absolute atomic E-state index is 0. The van der Waals surface area contributed by atoms with Gasteiger partial charge in [-0.1, -0.05) is 26.7 Å². The summed E-state index contributed by atoms with van der Waals surface area (Å²) in [5, 5.41) is 26.3. The van der Waals surface area contributed by atoms with E-state index in [-0.39, 0.29) is 25.6 Å². The molecule has 0 saturated heterocycles. The molecule has 188 valence electrons. The Labute approximate surface area is 199 Å². The summed E-state index contributed by atoms with van der Waals surface area (Å²) in [4.78, 5) is 30.5. The normalized spacial score (nSPS) is 23.3. The fourth-order valence-corrected chi connectivity index (χ4v) is 4.10. The number of rotatable bonds is 5. The van der Waals surface area contributed by atoms with Crippen molar-refractivity contribution >= 4 is 17.9 Å². The number of nitrogens with zero attached hydrogens (tertiary/aromatic N) is 2. The molecule has 2 fully saturated rings. The number of hydrogen-bond acceptors (Lipinski definition) is 8. The van der Waals surface area contributed by atoms with Gasteiger partial charge < -0.3 is 14.6 Å². The third-order valence-corrected chi connectivity index (χ3v) is 5.57. The first-order valence-corrected chi connectivity index (χ1v) is 11.5. The van der Waals surface area contributed by atoms with E-state index in [1.165, 1.54) is 33.6 Å². The number of aliphatic hydroxyl groups is 1. The topological polar surface area (TPSA) is 137 Å². The lowest BCUT2D eigenvalue weighted by molar-refractivity contribution is -0.156. The molecule has 33 heavy (non-hydrogen) atoms. The third-order valence-electron chi connectivity index (χ3n) is 5.57. The summed E-state index contributed by atoms with van der Waals surface area (Å²) >= 11 is 0. The first-order chi connectivity index (χ1) is 15.2. The molecular weight excluding hydrogens is 424 g/mol. The van der Waals surface area contributed by atoms with Crippen molar-refractivity contribution in [3.8, 4) is 12.1 Å². The van der Waals surface area contributed by atoms with E-state index < -0.39 is 11.9 Å². The second-order valence-corrected chi connectivity index (χ2v) is 8.28. The van der Waals surface area contributed by atoms with E-state index in [2.05, 4.69) is 16.9 Å². The molecule has 0 radical (unpaired) electrons. The fourth-order valence-electron chi connectivity index (χ4n) is 4.10. The number of ether oxygens (including phenoxy) is 2. The van der Waals surface area contributed by atoms with Crippen LogP contribution in [-0.4, -0.2) is 35.2 Å². The van der Waals surface area contributed by atoms with Crippen LogP contribution >= 0.6 is 0 Å². The molecule has 4 unspecified atom stereocenters. The lowest BCUT2D eigenvalue weighted by Gasteiger charge is -2.30. The van der Waals surface area contributed by atoms with Gasteiger partial charge in [0.25, 0.3) is 0 Å². The monoisotopic (exact) mass is 466 g/mol. The van der Waals surface area contributed by atoms with Crippen LogP contribution in [0.1, 0.15) is 105 Å². The van der Waals surface area contributed by atoms with Crippen LogP contribution in [0.3, 0.4) is 0 Å². The Morgan fingerprint density at radius 3 is 1.67 bits per heavy atom. The van der Waals surface area contributed by atoms with Crippen LogP contribution in [-0.2, 0) is 23.9 Å². The first-order valence-electron chi connectivity index (χ1n) is 11.5. The SMILES string of the molecule is C.CC(=O)OC(C)=O.CC(=O)OC1CCCCC1CCC#N.N#CCCC1CCCCC1O. The summed E-state index contributed by atoms with van der Waals surface area (Å²) in [5.41, 5.74) is 0. The van der Waals surface area contributed by atoms with Gasteiger partial charge in [-0.05, 0) is 56.8 Å². The highest BCUT2D eigenvalue weighted by molar-refractivity contribution is 5.82. The number of carbonyl (C=O) groups excluding carboxylic acids is 3. The van der Waals surface area contributed by atoms with Crippen LogP contribution in [0.4, 0.5) is 0 Å². The molecule has 0 aromatic heterocycles. The Morgan fingerprint density at radius 2 is 1.24 bits per heavy atom. The van der Waals surface area contributed by atoms with Gasteiger partial charge in [0.15, 0.2) is 0 Å². The van der Waals surface area contributed by atoms with Crippen molar-refractivity contribution in [1.29, 1.82) is 10.5 Å². The van der Waals surface area contributed by atoms with Crippen molar-refractivity contribution in [2.75, 3.05) is 0 Å². The van der Waals surface area contributed by atoms with Crippen molar-refractivity contribution in [1.82, 2.24) is 0 Å². The number of carbonyl (C=O) groups is 3. The van der Waals surface area contributed by atoms with Crippen LogP contribution in [0.15, 0.2) is 0 Å². The third kappa shape index (κ3) is 17.7. The van der Waals surface area contributed by atoms with Gasteiger partial charge in [0, 0.05) is 33.6 Å². The van der Waals surface area contributed by atoms with Crippen molar-refractivity contribution in [3.05, 3.63) is 0 Å². The number of nitriles is 2. The van der Waals surface area contributed by atoms with Crippen LogP contribution in [0.5, 0.6) is 0 Å². The Bertz CT molecular complexity index is 640. The van der Waals surface area contributed by atoms with Crippen molar-refractivity contribution in [3.63, 3.8) is 0 Å². The van der Waals surface area contributed by atoms with E-state index in [9.17, 15) is 19.5 Å². The van der Waals surface area contributed by atoms with Gasteiger partial charge in [-0.2, -0.15) is 10.5 Å². The lowest BCUT2D eigenvalue weighted by Crippen LogP contribution is -2.29. The molecular formula is C25H42N2O6.